The van der Waals surface area contributed by atoms with Gasteiger partial charge in [-0.15, -0.1) is 0 Å². The lowest BCUT2D eigenvalue weighted by atomic mass is 10.0. The Labute approximate surface area is 203 Å². The van der Waals surface area contributed by atoms with Gasteiger partial charge in [0.1, 0.15) is 0 Å². The summed E-state index contributed by atoms with van der Waals surface area (Å²) < 4.78 is 0. The number of benzene rings is 4. The Balaban J connectivity index is 1.30. The molecule has 1 aliphatic heterocycles. The van der Waals surface area contributed by atoms with Gasteiger partial charge in [-0.2, -0.15) is 0 Å². The van der Waals surface area contributed by atoms with Crippen LogP contribution >= 0.6 is 11.6 Å². The molecule has 6 heteroatoms. The zero-order chi connectivity index (χ0) is 23.5. The number of rotatable bonds is 4. The molecule has 1 saturated heterocycles. The third kappa shape index (κ3) is 4.47. The molecular formula is C28H24ClN3O2. The summed E-state index contributed by atoms with van der Waals surface area (Å²) in [6.07, 6.45) is 0. The van der Waals surface area contributed by atoms with Crippen LogP contribution in [-0.2, 0) is 0 Å². The summed E-state index contributed by atoms with van der Waals surface area (Å²) in [6.45, 7) is 2.57. The van der Waals surface area contributed by atoms with E-state index in [2.05, 4.69) is 10.2 Å². The summed E-state index contributed by atoms with van der Waals surface area (Å²) >= 11 is 5.95. The van der Waals surface area contributed by atoms with Crippen molar-refractivity contribution in [1.82, 2.24) is 4.90 Å². The fourth-order valence-electron chi connectivity index (χ4n) is 4.39. The van der Waals surface area contributed by atoms with Gasteiger partial charge in [0.2, 0.25) is 0 Å². The minimum absolute atomic E-state index is 0.00820. The van der Waals surface area contributed by atoms with Crippen molar-refractivity contribution in [3.8, 4) is 0 Å². The lowest BCUT2D eigenvalue weighted by Crippen LogP contribution is -2.49. The molecule has 2 amide bonds. The van der Waals surface area contributed by atoms with Crippen LogP contribution in [0.3, 0.4) is 0 Å². The largest absolute Gasteiger partial charge is 0.366 e. The Morgan fingerprint density at radius 2 is 1.41 bits per heavy atom. The molecule has 0 aliphatic carbocycles. The molecule has 1 N–H and O–H groups in total. The van der Waals surface area contributed by atoms with Crippen molar-refractivity contribution >= 4 is 45.6 Å². The molecule has 5 nitrogen and oxygen atoms in total. The number of nitrogens with zero attached hydrogens (tertiary/aromatic N) is 2. The van der Waals surface area contributed by atoms with E-state index in [1.54, 1.807) is 24.3 Å². The first kappa shape index (κ1) is 22.0. The third-order valence-corrected chi connectivity index (χ3v) is 6.44. The van der Waals surface area contributed by atoms with Crippen LogP contribution in [0.1, 0.15) is 20.7 Å². The fourth-order valence-corrected chi connectivity index (χ4v) is 4.52. The maximum Gasteiger partial charge on any atom is 0.256 e. The SMILES string of the molecule is O=C(Nc1ccccc1N1CCN(C(=O)c2ccc(Cl)cc2)CC1)c1cccc2ccccc12. The van der Waals surface area contributed by atoms with Gasteiger partial charge in [-0.25, -0.2) is 0 Å². The highest BCUT2D eigenvalue weighted by molar-refractivity contribution is 6.30. The quantitative estimate of drug-likeness (QED) is 0.416. The van der Waals surface area contributed by atoms with Gasteiger partial charge in [0, 0.05) is 42.3 Å². The van der Waals surface area contributed by atoms with Crippen LogP contribution in [0.25, 0.3) is 10.8 Å². The topological polar surface area (TPSA) is 52.7 Å². The summed E-state index contributed by atoms with van der Waals surface area (Å²) in [5.41, 5.74) is 3.00. The van der Waals surface area contributed by atoms with E-state index in [0.717, 1.165) is 22.1 Å². The van der Waals surface area contributed by atoms with E-state index in [4.69, 9.17) is 11.6 Å². The number of carbonyl (C=O) groups is 2. The van der Waals surface area contributed by atoms with E-state index in [9.17, 15) is 9.59 Å². The molecule has 0 spiro atoms. The van der Waals surface area contributed by atoms with Crippen LogP contribution in [0.2, 0.25) is 5.02 Å². The normalized spacial score (nSPS) is 13.7. The standard InChI is InChI=1S/C28H24ClN3O2/c29-22-14-12-21(13-15-22)28(34)32-18-16-31(17-19-32)26-11-4-3-10-25(26)30-27(33)24-9-5-7-20-6-1-2-8-23(20)24/h1-15H,16-19H2,(H,30,33). The zero-order valence-electron chi connectivity index (χ0n) is 18.6. The number of fused-ring (bicyclic) bond motifs is 1. The Morgan fingerprint density at radius 3 is 2.21 bits per heavy atom. The molecule has 0 radical (unpaired) electrons. The monoisotopic (exact) mass is 469 g/mol. The molecule has 34 heavy (non-hydrogen) atoms. The average Bonchev–Trinajstić information content (AvgIpc) is 2.89. The number of nitrogens with one attached hydrogen (secondary N) is 1. The van der Waals surface area contributed by atoms with Gasteiger partial charge in [0.15, 0.2) is 0 Å². The van der Waals surface area contributed by atoms with Gasteiger partial charge in [-0.05, 0) is 53.2 Å². The first-order valence-electron chi connectivity index (χ1n) is 11.3. The second-order valence-corrected chi connectivity index (χ2v) is 8.72. The number of para-hydroxylation sites is 2. The van der Waals surface area contributed by atoms with Gasteiger partial charge in [0.05, 0.1) is 11.4 Å². The fraction of sp³-hybridized carbons (Fsp3) is 0.143. The molecule has 170 valence electrons. The number of anilines is 2. The Hall–Kier alpha value is -3.83. The van der Waals surface area contributed by atoms with Crippen molar-refractivity contribution in [2.75, 3.05) is 36.4 Å². The van der Waals surface area contributed by atoms with Crippen molar-refractivity contribution < 1.29 is 9.59 Å². The highest BCUT2D eigenvalue weighted by Crippen LogP contribution is 2.28. The van der Waals surface area contributed by atoms with Crippen LogP contribution < -0.4 is 10.2 Å². The predicted octanol–water partition coefficient (Wildman–Crippen LogP) is 5.71. The number of amides is 2. The summed E-state index contributed by atoms with van der Waals surface area (Å²) in [6, 6.07) is 28.4. The highest BCUT2D eigenvalue weighted by Gasteiger charge is 2.24. The van der Waals surface area contributed by atoms with Crippen molar-refractivity contribution in [2.24, 2.45) is 0 Å². The second-order valence-electron chi connectivity index (χ2n) is 8.28. The van der Waals surface area contributed by atoms with Crippen molar-refractivity contribution in [2.45, 2.75) is 0 Å². The van der Waals surface area contributed by atoms with Crippen LogP contribution in [-0.4, -0.2) is 42.9 Å². The molecule has 0 saturated carbocycles. The Bertz CT molecular complexity index is 1340. The first-order chi connectivity index (χ1) is 16.6. The van der Waals surface area contributed by atoms with Crippen molar-refractivity contribution in [1.29, 1.82) is 0 Å². The van der Waals surface area contributed by atoms with Crippen LogP contribution in [0.5, 0.6) is 0 Å². The number of hydrogen-bond acceptors (Lipinski definition) is 3. The molecule has 0 unspecified atom stereocenters. The summed E-state index contributed by atoms with van der Waals surface area (Å²) in [5.74, 6) is -0.130. The molecule has 1 heterocycles. The molecule has 4 aromatic carbocycles. The summed E-state index contributed by atoms with van der Waals surface area (Å²) in [5, 5.41) is 5.68. The van der Waals surface area contributed by atoms with Gasteiger partial charge in [-0.3, -0.25) is 9.59 Å². The molecule has 0 aromatic heterocycles. The Morgan fingerprint density at radius 1 is 0.735 bits per heavy atom. The Kier molecular flexibility index (Phi) is 6.19. The molecule has 5 rings (SSSR count). The predicted molar refractivity (Wildman–Crippen MR) is 138 cm³/mol. The number of hydrogen-bond donors (Lipinski definition) is 1. The van der Waals surface area contributed by atoms with Crippen LogP contribution in [0.15, 0.2) is 91.0 Å². The van der Waals surface area contributed by atoms with Crippen molar-refractivity contribution in [3.63, 3.8) is 0 Å². The summed E-state index contributed by atoms with van der Waals surface area (Å²) in [4.78, 5) is 30.1. The van der Waals surface area contributed by atoms with Gasteiger partial charge in [-0.1, -0.05) is 60.1 Å². The summed E-state index contributed by atoms with van der Waals surface area (Å²) in [7, 11) is 0. The van der Waals surface area contributed by atoms with Crippen LogP contribution in [0, 0.1) is 0 Å². The van der Waals surface area contributed by atoms with Crippen LogP contribution in [0.4, 0.5) is 11.4 Å². The highest BCUT2D eigenvalue weighted by atomic mass is 35.5. The molecule has 0 atom stereocenters. The third-order valence-electron chi connectivity index (χ3n) is 6.19. The van der Waals surface area contributed by atoms with E-state index < -0.39 is 0 Å². The van der Waals surface area contributed by atoms with E-state index in [1.165, 1.54) is 0 Å². The van der Waals surface area contributed by atoms with E-state index >= 15 is 0 Å². The molecule has 1 aliphatic rings. The maximum atomic E-state index is 13.2. The van der Waals surface area contributed by atoms with E-state index in [0.29, 0.717) is 42.3 Å². The first-order valence-corrected chi connectivity index (χ1v) is 11.7. The van der Waals surface area contributed by atoms with E-state index in [-0.39, 0.29) is 11.8 Å². The number of halogens is 1. The molecule has 1 fully saturated rings. The lowest BCUT2D eigenvalue weighted by molar-refractivity contribution is 0.0746. The molecule has 4 aromatic rings. The van der Waals surface area contributed by atoms with Crippen molar-refractivity contribution in [3.05, 3.63) is 107 Å². The minimum Gasteiger partial charge on any atom is -0.366 e. The van der Waals surface area contributed by atoms with E-state index in [1.807, 2.05) is 71.6 Å². The van der Waals surface area contributed by atoms with Gasteiger partial charge < -0.3 is 15.1 Å². The van der Waals surface area contributed by atoms with Gasteiger partial charge >= 0.3 is 0 Å². The average molecular weight is 470 g/mol. The minimum atomic E-state index is -0.138. The second kappa shape index (κ2) is 9.57. The van der Waals surface area contributed by atoms with Gasteiger partial charge in [0.25, 0.3) is 11.8 Å². The zero-order valence-corrected chi connectivity index (χ0v) is 19.3. The lowest BCUT2D eigenvalue weighted by Gasteiger charge is -2.37. The smallest absolute Gasteiger partial charge is 0.256 e. The maximum absolute atomic E-state index is 13.2. The molecule has 0 bridgehead atoms. The number of piperazine rings is 1. The number of carbonyl (C=O) groups excluding carboxylic acids is 2. The molecular weight excluding hydrogens is 446 g/mol.